The van der Waals surface area contributed by atoms with E-state index in [9.17, 15) is 0 Å². The van der Waals surface area contributed by atoms with Crippen molar-refractivity contribution in [1.29, 1.82) is 0 Å². The molecule has 16 heavy (non-hydrogen) atoms. The monoisotopic (exact) mass is 213 g/mol. The van der Waals surface area contributed by atoms with Gasteiger partial charge in [0, 0.05) is 6.20 Å². The highest BCUT2D eigenvalue weighted by atomic mass is 14.9. The first kappa shape index (κ1) is 10.8. The number of benzene rings is 1. The summed E-state index contributed by atoms with van der Waals surface area (Å²) >= 11 is 0. The summed E-state index contributed by atoms with van der Waals surface area (Å²) in [5, 5.41) is 3.28. The van der Waals surface area contributed by atoms with Crippen LogP contribution in [0.5, 0.6) is 0 Å². The van der Waals surface area contributed by atoms with Gasteiger partial charge in [0.05, 0.1) is 11.7 Å². The molecule has 3 heteroatoms. The first-order valence-corrected chi connectivity index (χ1v) is 5.37. The van der Waals surface area contributed by atoms with Gasteiger partial charge in [0.15, 0.2) is 0 Å². The lowest BCUT2D eigenvalue weighted by molar-refractivity contribution is 0.574. The largest absolute Gasteiger partial charge is 0.311 e. The molecule has 1 aromatic heterocycles. The van der Waals surface area contributed by atoms with Gasteiger partial charge in [-0.25, -0.2) is 9.97 Å². The topological polar surface area (TPSA) is 37.8 Å². The smallest absolute Gasteiger partial charge is 0.115 e. The van der Waals surface area contributed by atoms with E-state index in [1.165, 1.54) is 5.56 Å². The predicted molar refractivity (Wildman–Crippen MR) is 64.0 cm³/mol. The van der Waals surface area contributed by atoms with E-state index in [1.54, 1.807) is 12.5 Å². The van der Waals surface area contributed by atoms with Gasteiger partial charge in [-0.05, 0) is 25.1 Å². The number of rotatable bonds is 4. The standard InChI is InChI=1S/C13H15N3/c1-14-13(12-7-8-15-10-16-12)9-11-5-3-2-4-6-11/h2-8,10,13-14H,9H2,1H3. The maximum Gasteiger partial charge on any atom is 0.115 e. The zero-order valence-electron chi connectivity index (χ0n) is 9.30. The molecule has 1 aromatic carbocycles. The lowest BCUT2D eigenvalue weighted by atomic mass is 10.0. The van der Waals surface area contributed by atoms with E-state index in [0.29, 0.717) is 0 Å². The molecule has 3 nitrogen and oxygen atoms in total. The molecular weight excluding hydrogens is 198 g/mol. The highest BCUT2D eigenvalue weighted by molar-refractivity contribution is 5.18. The van der Waals surface area contributed by atoms with Crippen molar-refractivity contribution in [2.24, 2.45) is 0 Å². The van der Waals surface area contributed by atoms with Crippen molar-refractivity contribution < 1.29 is 0 Å². The molecule has 0 radical (unpaired) electrons. The fourth-order valence-electron chi connectivity index (χ4n) is 1.71. The van der Waals surface area contributed by atoms with Gasteiger partial charge in [-0.3, -0.25) is 0 Å². The summed E-state index contributed by atoms with van der Waals surface area (Å²) in [6.45, 7) is 0. The van der Waals surface area contributed by atoms with Gasteiger partial charge >= 0.3 is 0 Å². The molecular formula is C13H15N3. The minimum atomic E-state index is 0.241. The Balaban J connectivity index is 2.13. The molecule has 0 aliphatic heterocycles. The number of hydrogen-bond donors (Lipinski definition) is 1. The van der Waals surface area contributed by atoms with E-state index in [4.69, 9.17) is 0 Å². The fourth-order valence-corrected chi connectivity index (χ4v) is 1.71. The molecule has 82 valence electrons. The van der Waals surface area contributed by atoms with Crippen molar-refractivity contribution in [3.05, 3.63) is 60.2 Å². The van der Waals surface area contributed by atoms with Crippen LogP contribution >= 0.6 is 0 Å². The van der Waals surface area contributed by atoms with Crippen molar-refractivity contribution in [2.75, 3.05) is 7.05 Å². The number of nitrogens with one attached hydrogen (secondary N) is 1. The quantitative estimate of drug-likeness (QED) is 0.844. The summed E-state index contributed by atoms with van der Waals surface area (Å²) in [5.41, 5.74) is 2.34. The van der Waals surface area contributed by atoms with Gasteiger partial charge in [0.2, 0.25) is 0 Å². The van der Waals surface area contributed by atoms with Crippen LogP contribution in [0.3, 0.4) is 0 Å². The third-order valence-electron chi connectivity index (χ3n) is 2.59. The zero-order chi connectivity index (χ0) is 11.2. The van der Waals surface area contributed by atoms with Crippen LogP contribution in [-0.4, -0.2) is 17.0 Å². The third kappa shape index (κ3) is 2.64. The van der Waals surface area contributed by atoms with Gasteiger partial charge < -0.3 is 5.32 Å². The van der Waals surface area contributed by atoms with Crippen molar-refractivity contribution in [3.8, 4) is 0 Å². The van der Waals surface area contributed by atoms with Crippen LogP contribution in [0.15, 0.2) is 48.9 Å². The Kier molecular flexibility index (Phi) is 3.62. The number of aromatic nitrogens is 2. The van der Waals surface area contributed by atoms with E-state index in [2.05, 4.69) is 39.6 Å². The van der Waals surface area contributed by atoms with Gasteiger partial charge in [-0.2, -0.15) is 0 Å². The Morgan fingerprint density at radius 3 is 2.62 bits per heavy atom. The summed E-state index contributed by atoms with van der Waals surface area (Å²) in [6.07, 6.45) is 4.30. The molecule has 1 unspecified atom stereocenters. The first-order valence-electron chi connectivity index (χ1n) is 5.37. The summed E-state index contributed by atoms with van der Waals surface area (Å²) in [6, 6.07) is 12.6. The third-order valence-corrected chi connectivity index (χ3v) is 2.59. The summed E-state index contributed by atoms with van der Waals surface area (Å²) < 4.78 is 0. The van der Waals surface area contributed by atoms with Crippen LogP contribution < -0.4 is 5.32 Å². The highest BCUT2D eigenvalue weighted by Gasteiger charge is 2.10. The van der Waals surface area contributed by atoms with E-state index in [-0.39, 0.29) is 6.04 Å². The highest BCUT2D eigenvalue weighted by Crippen LogP contribution is 2.14. The average Bonchev–Trinajstić information content (AvgIpc) is 2.38. The average molecular weight is 213 g/mol. The Bertz CT molecular complexity index is 414. The minimum Gasteiger partial charge on any atom is -0.311 e. The van der Waals surface area contributed by atoms with E-state index < -0.39 is 0 Å². The number of nitrogens with zero attached hydrogens (tertiary/aromatic N) is 2. The van der Waals surface area contributed by atoms with Crippen LogP contribution in [0, 0.1) is 0 Å². The minimum absolute atomic E-state index is 0.241. The Labute approximate surface area is 95.6 Å². The molecule has 2 aromatic rings. The molecule has 2 rings (SSSR count). The summed E-state index contributed by atoms with van der Waals surface area (Å²) in [4.78, 5) is 8.20. The summed E-state index contributed by atoms with van der Waals surface area (Å²) in [7, 11) is 1.95. The second kappa shape index (κ2) is 5.37. The predicted octanol–water partition coefficient (Wildman–Crippen LogP) is 1.98. The second-order valence-electron chi connectivity index (χ2n) is 3.67. The molecule has 0 aliphatic carbocycles. The molecule has 0 fully saturated rings. The molecule has 1 N–H and O–H groups in total. The molecule has 0 amide bonds. The molecule has 0 spiro atoms. The number of hydrogen-bond acceptors (Lipinski definition) is 3. The van der Waals surface area contributed by atoms with E-state index >= 15 is 0 Å². The van der Waals surface area contributed by atoms with Crippen LogP contribution in [0.2, 0.25) is 0 Å². The van der Waals surface area contributed by atoms with Crippen molar-refractivity contribution in [3.63, 3.8) is 0 Å². The summed E-state index contributed by atoms with van der Waals surface area (Å²) in [5.74, 6) is 0. The molecule has 0 saturated carbocycles. The lowest BCUT2D eigenvalue weighted by Gasteiger charge is -2.15. The SMILES string of the molecule is CNC(Cc1ccccc1)c1ccncn1. The zero-order valence-corrected chi connectivity index (χ0v) is 9.30. The van der Waals surface area contributed by atoms with Gasteiger partial charge in [0.25, 0.3) is 0 Å². The maximum absolute atomic E-state index is 4.27. The Hall–Kier alpha value is -1.74. The molecule has 1 atom stereocenters. The molecule has 0 aliphatic rings. The van der Waals surface area contributed by atoms with E-state index in [0.717, 1.165) is 12.1 Å². The van der Waals surface area contributed by atoms with Crippen LogP contribution in [0.4, 0.5) is 0 Å². The molecule has 0 saturated heterocycles. The van der Waals surface area contributed by atoms with Crippen molar-refractivity contribution in [1.82, 2.24) is 15.3 Å². The maximum atomic E-state index is 4.27. The molecule has 0 bridgehead atoms. The normalized spacial score (nSPS) is 12.3. The van der Waals surface area contributed by atoms with Crippen LogP contribution in [0.25, 0.3) is 0 Å². The molecule has 1 heterocycles. The van der Waals surface area contributed by atoms with Crippen molar-refractivity contribution >= 4 is 0 Å². The fraction of sp³-hybridized carbons (Fsp3) is 0.231. The van der Waals surface area contributed by atoms with Crippen LogP contribution in [-0.2, 0) is 6.42 Å². The van der Waals surface area contributed by atoms with Gasteiger partial charge in [0.1, 0.15) is 6.33 Å². The van der Waals surface area contributed by atoms with E-state index in [1.807, 2.05) is 19.2 Å². The Morgan fingerprint density at radius 2 is 2.00 bits per heavy atom. The van der Waals surface area contributed by atoms with Gasteiger partial charge in [-0.1, -0.05) is 30.3 Å². The lowest BCUT2D eigenvalue weighted by Crippen LogP contribution is -2.19. The first-order chi connectivity index (χ1) is 7.90. The Morgan fingerprint density at radius 1 is 1.19 bits per heavy atom. The second-order valence-corrected chi connectivity index (χ2v) is 3.67. The van der Waals surface area contributed by atoms with Crippen molar-refractivity contribution in [2.45, 2.75) is 12.5 Å². The van der Waals surface area contributed by atoms with Crippen LogP contribution in [0.1, 0.15) is 17.3 Å². The van der Waals surface area contributed by atoms with Gasteiger partial charge in [-0.15, -0.1) is 0 Å². The number of likely N-dealkylation sites (N-methyl/N-ethyl adjacent to an activating group) is 1.